The Morgan fingerprint density at radius 2 is 0.783 bits per heavy atom. The van der Waals surface area contributed by atoms with Crippen LogP contribution < -0.4 is 0 Å². The van der Waals surface area contributed by atoms with Gasteiger partial charge >= 0.3 is 35.8 Å². The minimum absolute atomic E-state index is 2.88. The van der Waals surface area contributed by atoms with Gasteiger partial charge in [-0.1, -0.05) is 0 Å². The molecule has 0 aliphatic carbocycles. The van der Waals surface area contributed by atoms with E-state index in [9.17, 15) is 66.0 Å². The first-order chi connectivity index (χ1) is 9.67. The molecule has 0 aromatic rings. The van der Waals surface area contributed by atoms with Crippen LogP contribution in [0, 0.1) is 0 Å². The molecule has 0 amide bonds. The first-order valence-electron chi connectivity index (χ1n) is 4.71. The molecule has 0 aliphatic rings. The Hall–Kier alpha value is -1.09. The summed E-state index contributed by atoms with van der Waals surface area (Å²) in [6, 6.07) is 0. The molecule has 0 spiro atoms. The Balaban J connectivity index is 6.14. The highest BCUT2D eigenvalue weighted by Crippen LogP contribution is 2.60. The molecule has 0 unspecified atom stereocenters. The third-order valence-electron chi connectivity index (χ3n) is 2.32. The van der Waals surface area contributed by atoms with Crippen molar-refractivity contribution in [2.24, 2.45) is 0 Å². The number of rotatable bonds is 6. The average Bonchev–Trinajstić information content (AvgIpc) is 2.24. The van der Waals surface area contributed by atoms with E-state index in [-0.39, 0.29) is 0 Å². The smallest absolute Gasteiger partial charge is 0.198 e. The molecule has 0 N–H and O–H groups in total. The number of nitrogens with zero attached hydrogens (tertiary/aromatic N) is 1. The summed E-state index contributed by atoms with van der Waals surface area (Å²) in [4.78, 5) is 0. The summed E-state index contributed by atoms with van der Waals surface area (Å²) < 4.78 is 184. The molecule has 0 radical (unpaired) electrons. The van der Waals surface area contributed by atoms with Crippen molar-refractivity contribution in [1.82, 2.24) is 5.34 Å². The Morgan fingerprint density at radius 3 is 1.04 bits per heavy atom. The third kappa shape index (κ3) is 3.13. The van der Waals surface area contributed by atoms with Crippen molar-refractivity contribution in [3.8, 4) is 0 Å². The van der Waals surface area contributed by atoms with E-state index in [4.69, 9.17) is 0 Å². The van der Waals surface area contributed by atoms with Crippen molar-refractivity contribution < 1.29 is 66.0 Å². The molecule has 0 atom stereocenters. The maximum atomic E-state index is 12.7. The van der Waals surface area contributed by atoms with Gasteiger partial charge < -0.3 is 0 Å². The molecule has 23 heavy (non-hydrogen) atoms. The Morgan fingerprint density at radius 1 is 0.478 bits per heavy atom. The lowest BCUT2D eigenvalue weighted by molar-refractivity contribution is -0.442. The fraction of sp³-hybridized carbons (Fsp3) is 1.00. The second kappa shape index (κ2) is 5.47. The number of alkyl halides is 13. The van der Waals surface area contributed by atoms with E-state index in [0.717, 1.165) is 0 Å². The van der Waals surface area contributed by atoms with Gasteiger partial charge in [-0.3, -0.25) is 0 Å². The van der Waals surface area contributed by atoms with Gasteiger partial charge in [-0.05, 0) is 0 Å². The lowest BCUT2D eigenvalue weighted by Gasteiger charge is -2.39. The normalized spacial score (nSPS) is 16.2. The molecule has 0 rings (SSSR count). The maximum absolute atomic E-state index is 12.7. The standard InChI is InChI=1S/C7H2F15N/c8-2(9,1-23(21)22)3(10,11)4(12,13)5(14,15)6(16,17)7(18,19)20/h1H2. The SMILES string of the molecule is FN(F)CC(F)(F)C(F)(F)C(F)(F)C(F)(F)C(F)(F)C(F)(F)F. The van der Waals surface area contributed by atoms with E-state index >= 15 is 0 Å². The second-order valence-electron chi connectivity index (χ2n) is 3.96. The Kier molecular flexibility index (Phi) is 5.22. The van der Waals surface area contributed by atoms with Crippen LogP contribution in [0.25, 0.3) is 0 Å². The summed E-state index contributed by atoms with van der Waals surface area (Å²) in [5, 5.41) is -2.88. The number of halogens is 15. The second-order valence-corrected chi connectivity index (χ2v) is 3.96. The molecular weight excluding hydrogens is 383 g/mol. The van der Waals surface area contributed by atoms with Gasteiger partial charge in [0.1, 0.15) is 6.54 Å². The Labute approximate surface area is 115 Å². The fourth-order valence-electron chi connectivity index (χ4n) is 1.05. The highest BCUT2D eigenvalue weighted by molar-refractivity contribution is 5.10. The van der Waals surface area contributed by atoms with E-state index in [1.165, 1.54) is 0 Å². The zero-order valence-corrected chi connectivity index (χ0v) is 9.82. The Bertz CT molecular complexity index is 420. The molecular formula is C7H2F15N. The van der Waals surface area contributed by atoms with E-state index in [2.05, 4.69) is 0 Å². The monoisotopic (exact) mass is 385 g/mol. The summed E-state index contributed by atoms with van der Waals surface area (Å²) in [5.74, 6) is -38.5. The molecule has 0 bridgehead atoms. The highest BCUT2D eigenvalue weighted by Gasteiger charge is 2.90. The van der Waals surface area contributed by atoms with Crippen molar-refractivity contribution in [3.05, 3.63) is 0 Å². The number of hydrogen-bond donors (Lipinski definition) is 0. The minimum atomic E-state index is -8.08. The van der Waals surface area contributed by atoms with Crippen molar-refractivity contribution in [2.75, 3.05) is 6.54 Å². The molecule has 140 valence electrons. The predicted octanol–water partition coefficient (Wildman–Crippen LogP) is 4.80. The van der Waals surface area contributed by atoms with Gasteiger partial charge in [-0.15, -0.1) is 8.96 Å². The summed E-state index contributed by atoms with van der Waals surface area (Å²) in [6.45, 7) is -3.65. The maximum Gasteiger partial charge on any atom is 0.460 e. The van der Waals surface area contributed by atoms with Gasteiger partial charge in [-0.2, -0.15) is 57.1 Å². The summed E-state index contributed by atoms with van der Waals surface area (Å²) in [7, 11) is 0. The fourth-order valence-corrected chi connectivity index (χ4v) is 1.05. The summed E-state index contributed by atoms with van der Waals surface area (Å²) in [6.07, 6.45) is -7.53. The van der Waals surface area contributed by atoms with Crippen molar-refractivity contribution in [2.45, 2.75) is 35.8 Å². The molecule has 0 heterocycles. The molecule has 1 nitrogen and oxygen atoms in total. The summed E-state index contributed by atoms with van der Waals surface area (Å²) in [5.41, 5.74) is 0. The molecule has 0 aliphatic heterocycles. The van der Waals surface area contributed by atoms with Gasteiger partial charge in [0.25, 0.3) is 0 Å². The molecule has 0 aromatic carbocycles. The lowest BCUT2D eigenvalue weighted by Crippen LogP contribution is -2.70. The lowest BCUT2D eigenvalue weighted by atomic mass is 9.94. The van der Waals surface area contributed by atoms with Crippen LogP contribution >= 0.6 is 0 Å². The van der Waals surface area contributed by atoms with Gasteiger partial charge in [0.15, 0.2) is 0 Å². The largest absolute Gasteiger partial charge is 0.460 e. The highest BCUT2D eigenvalue weighted by atomic mass is 19.4. The zero-order valence-electron chi connectivity index (χ0n) is 9.82. The third-order valence-corrected chi connectivity index (χ3v) is 2.32. The van der Waals surface area contributed by atoms with Crippen LogP contribution in [-0.4, -0.2) is 47.7 Å². The van der Waals surface area contributed by atoms with Crippen LogP contribution in [0.2, 0.25) is 0 Å². The van der Waals surface area contributed by atoms with Gasteiger partial charge in [-0.25, -0.2) is 0 Å². The van der Waals surface area contributed by atoms with Crippen LogP contribution in [0.3, 0.4) is 0 Å². The quantitative estimate of drug-likeness (QED) is 0.469. The van der Waals surface area contributed by atoms with E-state index in [1.54, 1.807) is 0 Å². The minimum Gasteiger partial charge on any atom is -0.198 e. The van der Waals surface area contributed by atoms with Crippen LogP contribution in [0.1, 0.15) is 0 Å². The number of hydrogen-bond acceptors (Lipinski definition) is 1. The van der Waals surface area contributed by atoms with E-state index in [0.29, 0.717) is 0 Å². The first kappa shape index (κ1) is 21.9. The first-order valence-corrected chi connectivity index (χ1v) is 4.71. The molecule has 0 fully saturated rings. The predicted molar refractivity (Wildman–Crippen MR) is 39.7 cm³/mol. The van der Waals surface area contributed by atoms with Crippen molar-refractivity contribution in [1.29, 1.82) is 0 Å². The van der Waals surface area contributed by atoms with Crippen LogP contribution in [0.15, 0.2) is 0 Å². The van der Waals surface area contributed by atoms with Gasteiger partial charge in [0.05, 0.1) is 0 Å². The van der Waals surface area contributed by atoms with E-state index in [1.807, 2.05) is 0 Å². The van der Waals surface area contributed by atoms with E-state index < -0.39 is 47.7 Å². The van der Waals surface area contributed by atoms with Crippen LogP contribution in [0.4, 0.5) is 66.0 Å². The molecule has 0 saturated heterocycles. The zero-order chi connectivity index (χ0) is 19.3. The molecule has 0 saturated carbocycles. The molecule has 0 aromatic heterocycles. The topological polar surface area (TPSA) is 3.24 Å². The average molecular weight is 385 g/mol. The van der Waals surface area contributed by atoms with Gasteiger partial charge in [0.2, 0.25) is 0 Å². The molecule has 16 heteroatoms. The summed E-state index contributed by atoms with van der Waals surface area (Å²) >= 11 is 0. The van der Waals surface area contributed by atoms with Crippen LogP contribution in [-0.2, 0) is 0 Å². The van der Waals surface area contributed by atoms with Crippen molar-refractivity contribution >= 4 is 0 Å². The van der Waals surface area contributed by atoms with Crippen molar-refractivity contribution in [3.63, 3.8) is 0 Å². The van der Waals surface area contributed by atoms with Crippen LogP contribution in [0.5, 0.6) is 0 Å². The van der Waals surface area contributed by atoms with Gasteiger partial charge in [0, 0.05) is 5.34 Å².